The summed E-state index contributed by atoms with van der Waals surface area (Å²) in [6, 6.07) is 2.36. The van der Waals surface area contributed by atoms with Gasteiger partial charge in [0.1, 0.15) is 22.8 Å². The summed E-state index contributed by atoms with van der Waals surface area (Å²) in [6.45, 7) is 1.51. The number of nitrogens with one attached hydrogen (secondary N) is 2. The Morgan fingerprint density at radius 2 is 1.64 bits per heavy atom. The van der Waals surface area contributed by atoms with Crippen LogP contribution in [-0.2, 0) is 20.6 Å². The molecule has 2 unspecified atom stereocenters. The molecule has 13 nitrogen and oxygen atoms in total. The van der Waals surface area contributed by atoms with E-state index >= 15 is 0 Å². The summed E-state index contributed by atoms with van der Waals surface area (Å²) in [4.78, 5) is 53.5. The molecule has 0 bridgehead atoms. The van der Waals surface area contributed by atoms with Gasteiger partial charge in [0.05, 0.1) is 40.6 Å². The van der Waals surface area contributed by atoms with Gasteiger partial charge in [-0.3, -0.25) is 19.3 Å². The second-order valence-electron chi connectivity index (χ2n) is 11.7. The van der Waals surface area contributed by atoms with Crippen LogP contribution in [0.1, 0.15) is 29.5 Å². The number of phenols is 1. The zero-order chi connectivity index (χ0) is 35.1. The van der Waals surface area contributed by atoms with Gasteiger partial charge >= 0.3 is 12.2 Å². The molecule has 2 aromatic carbocycles. The third-order valence-corrected chi connectivity index (χ3v) is 9.15. The van der Waals surface area contributed by atoms with Gasteiger partial charge < -0.3 is 41.9 Å². The van der Waals surface area contributed by atoms with E-state index in [4.69, 9.17) is 17.3 Å². The van der Waals surface area contributed by atoms with Crippen molar-refractivity contribution in [2.24, 2.45) is 17.6 Å². The average Bonchev–Trinajstić information content (AvgIpc) is 2.96. The van der Waals surface area contributed by atoms with Crippen LogP contribution in [0.15, 0.2) is 47.2 Å². The minimum atomic E-state index is -4.88. The molecule has 0 spiro atoms. The second kappa shape index (κ2) is 11.3. The highest BCUT2D eigenvalue weighted by atomic mass is 35.5. The number of halogens is 4. The molecule has 3 aliphatic rings. The monoisotopic (exact) mass is 680 g/mol. The molecule has 250 valence electrons. The highest BCUT2D eigenvalue weighted by Crippen LogP contribution is 2.56. The van der Waals surface area contributed by atoms with Crippen molar-refractivity contribution >= 4 is 52.2 Å². The predicted molar refractivity (Wildman–Crippen MR) is 159 cm³/mol. The molecule has 2 aromatic rings. The van der Waals surface area contributed by atoms with Crippen molar-refractivity contribution in [2.75, 3.05) is 24.7 Å². The quantitative estimate of drug-likeness (QED) is 0.174. The lowest BCUT2D eigenvalue weighted by atomic mass is 9.54. The van der Waals surface area contributed by atoms with Crippen LogP contribution in [0.4, 0.5) is 29.3 Å². The number of fused-ring (bicyclic) bond motifs is 3. The molecule has 0 aliphatic heterocycles. The fraction of sp³-hybridized carbons (Fsp3) is 0.333. The number of primary amides is 1. The maximum atomic E-state index is 14.1. The van der Waals surface area contributed by atoms with Crippen LogP contribution in [0.25, 0.3) is 5.76 Å². The van der Waals surface area contributed by atoms with Crippen molar-refractivity contribution in [3.63, 3.8) is 0 Å². The van der Waals surface area contributed by atoms with Crippen molar-refractivity contribution in [1.82, 2.24) is 4.90 Å². The Hall–Kier alpha value is -4.64. The van der Waals surface area contributed by atoms with E-state index in [9.17, 15) is 57.9 Å². The molecule has 3 amide bonds. The largest absolute Gasteiger partial charge is 0.508 e. The number of likely N-dealkylation sites (N-methyl/N-ethyl adjacent to an activating group) is 1. The van der Waals surface area contributed by atoms with Crippen molar-refractivity contribution in [2.45, 2.75) is 36.8 Å². The fourth-order valence-corrected chi connectivity index (χ4v) is 7.03. The molecular weight excluding hydrogens is 653 g/mol. The number of aliphatic hydroxyl groups is 4. The number of carbonyl (C=O) groups excluding carboxylic acids is 4. The molecule has 9 N–H and O–H groups in total. The number of Topliss-reactive ketones (excluding diaryl/α,β-unsaturated/α-hetero) is 2. The summed E-state index contributed by atoms with van der Waals surface area (Å²) in [5.41, 5.74) is -2.16. The number of amides is 3. The Kier molecular flexibility index (Phi) is 8.08. The first-order valence-corrected chi connectivity index (χ1v) is 14.3. The van der Waals surface area contributed by atoms with E-state index in [0.29, 0.717) is 6.07 Å². The van der Waals surface area contributed by atoms with Gasteiger partial charge in [-0.2, -0.15) is 13.2 Å². The predicted octanol–water partition coefficient (Wildman–Crippen LogP) is 2.81. The number of hydrogen-bond donors (Lipinski definition) is 8. The maximum Gasteiger partial charge on any atom is 0.418 e. The summed E-state index contributed by atoms with van der Waals surface area (Å²) in [5.74, 6) is -11.1. The number of phenolic OH excluding ortho intramolecular Hbond substituents is 1. The zero-order valence-electron chi connectivity index (χ0n) is 24.7. The lowest BCUT2D eigenvalue weighted by Gasteiger charge is -2.53. The first-order valence-electron chi connectivity index (χ1n) is 13.9. The summed E-state index contributed by atoms with van der Waals surface area (Å²) < 4.78 is 40.5. The molecule has 3 aliphatic carbocycles. The normalized spacial score (nSPS) is 27.3. The number of aromatic hydroxyl groups is 1. The van der Waals surface area contributed by atoms with Crippen LogP contribution in [0.5, 0.6) is 5.75 Å². The van der Waals surface area contributed by atoms with E-state index < -0.39 is 116 Å². The standard InChI is InChI=1S/C30H28ClF3N4O9/c1-9-11-5-7-14(37-28(46)36-13-6-4-10(31)8-12(13)30(32,33)34)21(39)16(11)22(40)17-15(9)23(41)19-20(38(2)3)24(42)18(27(35)45)26(44)29(19,47)25(17)43/h4-9,15,19-20,23,39-41,44,47H,1-3H3,(H2,35,45)(H2,36,37,46)/t9-,15?,19?,20-,23-,29-/m0/s1. The zero-order valence-corrected chi connectivity index (χ0v) is 25.4. The van der Waals surface area contributed by atoms with Gasteiger partial charge in [-0.25, -0.2) is 4.79 Å². The van der Waals surface area contributed by atoms with E-state index in [0.717, 1.165) is 12.1 Å². The topological polar surface area (TPSA) is 223 Å². The minimum Gasteiger partial charge on any atom is -0.508 e. The number of hydrogen-bond acceptors (Lipinski definition) is 10. The average molecular weight is 681 g/mol. The van der Waals surface area contributed by atoms with E-state index in [1.54, 1.807) is 0 Å². The number of alkyl halides is 3. The third kappa shape index (κ3) is 4.99. The Balaban J connectivity index is 1.60. The van der Waals surface area contributed by atoms with Gasteiger partial charge in [0.25, 0.3) is 5.91 Å². The molecule has 1 saturated carbocycles. The van der Waals surface area contributed by atoms with Crippen LogP contribution in [-0.4, -0.2) is 85.8 Å². The molecule has 17 heteroatoms. The number of anilines is 2. The first kappa shape index (κ1) is 33.7. The summed E-state index contributed by atoms with van der Waals surface area (Å²) >= 11 is 5.67. The first-order chi connectivity index (χ1) is 21.7. The fourth-order valence-electron chi connectivity index (χ4n) is 6.85. The van der Waals surface area contributed by atoms with E-state index in [-0.39, 0.29) is 10.6 Å². The van der Waals surface area contributed by atoms with E-state index in [1.165, 1.54) is 38.1 Å². The van der Waals surface area contributed by atoms with E-state index in [1.807, 2.05) is 5.32 Å². The molecule has 0 aromatic heterocycles. The van der Waals surface area contributed by atoms with E-state index in [2.05, 4.69) is 5.32 Å². The van der Waals surface area contributed by atoms with Gasteiger partial charge in [0, 0.05) is 16.5 Å². The highest BCUT2D eigenvalue weighted by Gasteiger charge is 2.68. The molecule has 6 atom stereocenters. The highest BCUT2D eigenvalue weighted by molar-refractivity contribution is 6.30. The molecule has 0 heterocycles. The van der Waals surface area contributed by atoms with Crippen molar-refractivity contribution < 1.29 is 57.9 Å². The van der Waals surface area contributed by atoms with Crippen molar-refractivity contribution in [3.8, 4) is 5.75 Å². The summed E-state index contributed by atoms with van der Waals surface area (Å²) in [5, 5.41) is 60.9. The van der Waals surface area contributed by atoms with Gasteiger partial charge in [0.2, 0.25) is 5.78 Å². The van der Waals surface area contributed by atoms with Gasteiger partial charge in [-0.1, -0.05) is 24.6 Å². The van der Waals surface area contributed by atoms with Crippen LogP contribution < -0.4 is 16.4 Å². The molecule has 5 rings (SSSR count). The maximum absolute atomic E-state index is 14.1. The third-order valence-electron chi connectivity index (χ3n) is 8.91. The van der Waals surface area contributed by atoms with Crippen LogP contribution in [0.3, 0.4) is 0 Å². The van der Waals surface area contributed by atoms with Crippen molar-refractivity contribution in [3.05, 3.63) is 69.0 Å². The number of rotatable bonds is 4. The summed E-state index contributed by atoms with van der Waals surface area (Å²) in [6.07, 6.45) is -6.69. The minimum absolute atomic E-state index is 0.148. The number of urea groups is 1. The second-order valence-corrected chi connectivity index (χ2v) is 12.2. The summed E-state index contributed by atoms with van der Waals surface area (Å²) in [7, 11) is 2.76. The number of aliphatic hydroxyl groups excluding tert-OH is 3. The number of nitrogens with two attached hydrogens (primary N) is 1. The number of carbonyl (C=O) groups is 4. The molecule has 0 radical (unpaired) electrons. The van der Waals surface area contributed by atoms with Crippen LogP contribution in [0, 0.1) is 11.8 Å². The SMILES string of the molecule is C[C@H]1c2ccc(NC(=O)Nc3ccc(Cl)cc3C(F)(F)F)c(O)c2C(O)=C2C(=O)[C@]3(O)C(O)=C(C(N)=O)C(=O)[C@@H](N(C)C)C3[C@@H](O)C21. The lowest BCUT2D eigenvalue weighted by Crippen LogP contribution is -2.70. The van der Waals surface area contributed by atoms with Crippen LogP contribution >= 0.6 is 11.6 Å². The number of ketones is 2. The Morgan fingerprint density at radius 1 is 1.04 bits per heavy atom. The smallest absolute Gasteiger partial charge is 0.418 e. The Bertz CT molecular complexity index is 1830. The van der Waals surface area contributed by atoms with Crippen molar-refractivity contribution in [1.29, 1.82) is 0 Å². The van der Waals surface area contributed by atoms with Gasteiger partial charge in [0.15, 0.2) is 11.4 Å². The molecular formula is C30H28ClF3N4O9. The lowest BCUT2D eigenvalue weighted by molar-refractivity contribution is -0.169. The number of nitrogens with zero attached hydrogens (tertiary/aromatic N) is 1. The Morgan fingerprint density at radius 3 is 2.21 bits per heavy atom. The molecule has 47 heavy (non-hydrogen) atoms. The van der Waals surface area contributed by atoms with Gasteiger partial charge in [-0.15, -0.1) is 0 Å². The molecule has 0 saturated heterocycles. The van der Waals surface area contributed by atoms with Gasteiger partial charge in [-0.05, 0) is 49.8 Å². The number of benzene rings is 2. The van der Waals surface area contributed by atoms with Crippen LogP contribution in [0.2, 0.25) is 5.02 Å². The Labute approximate surface area is 268 Å². The molecule has 1 fully saturated rings.